The molecule has 0 spiro atoms. The first kappa shape index (κ1) is 34.2. The van der Waals surface area contributed by atoms with Gasteiger partial charge in [0.05, 0.1) is 15.7 Å². The van der Waals surface area contributed by atoms with Crippen LogP contribution in [0.3, 0.4) is 0 Å². The van der Waals surface area contributed by atoms with E-state index < -0.39 is 17.1 Å². The Bertz CT molecular complexity index is 2120. The minimum atomic E-state index is -0.635. The highest BCUT2D eigenvalue weighted by molar-refractivity contribution is 8.00. The fourth-order valence-electron chi connectivity index (χ4n) is 4.64. The Balaban J connectivity index is 1.19. The van der Waals surface area contributed by atoms with Crippen molar-refractivity contribution in [2.24, 2.45) is 0 Å². The Kier molecular flexibility index (Phi) is 11.2. The molecule has 0 bridgehead atoms. The fraction of sp³-hybridized carbons (Fsp3) is 0.0270. The number of amides is 3. The number of hydrogen-bond donors (Lipinski definition) is 3. The molecule has 0 aliphatic rings. The van der Waals surface area contributed by atoms with Crippen LogP contribution in [0.4, 0.5) is 10.8 Å². The number of thiophene rings is 1. The summed E-state index contributed by atoms with van der Waals surface area (Å²) in [6, 6.07) is 32.5. The zero-order valence-electron chi connectivity index (χ0n) is 25.4. The number of hydrogen-bond acceptors (Lipinski definition) is 7. The maximum Gasteiger partial charge on any atom is 0.272 e. The summed E-state index contributed by atoms with van der Waals surface area (Å²) in [6.07, 6.45) is 1.63. The van der Waals surface area contributed by atoms with Crippen LogP contribution in [0.2, 0.25) is 10.0 Å². The Hall–Kier alpha value is -4.71. The lowest BCUT2D eigenvalue weighted by molar-refractivity contribution is -0.116. The zero-order valence-corrected chi connectivity index (χ0v) is 29.4. The van der Waals surface area contributed by atoms with E-state index in [0.717, 1.165) is 21.6 Å². The smallest absolute Gasteiger partial charge is 0.272 e. The molecule has 3 N–H and O–H groups in total. The third-order valence-corrected chi connectivity index (χ3v) is 10.5. The Labute approximate surface area is 305 Å². The average Bonchev–Trinajstić information content (AvgIpc) is 3.81. The fourth-order valence-corrected chi connectivity index (χ4v) is 7.36. The molecule has 0 saturated heterocycles. The summed E-state index contributed by atoms with van der Waals surface area (Å²) >= 11 is 16.4. The van der Waals surface area contributed by atoms with Gasteiger partial charge in [-0.2, -0.15) is 11.3 Å². The summed E-state index contributed by atoms with van der Waals surface area (Å²) in [5.74, 6) is -1.15. The van der Waals surface area contributed by atoms with Gasteiger partial charge in [-0.15, -0.1) is 23.1 Å². The highest BCUT2D eigenvalue weighted by atomic mass is 35.5. The number of nitrogens with zero attached hydrogens (tertiary/aromatic N) is 1. The molecule has 0 saturated carbocycles. The van der Waals surface area contributed by atoms with Gasteiger partial charge >= 0.3 is 0 Å². The number of carbonyl (C=O) groups is 3. The van der Waals surface area contributed by atoms with Crippen molar-refractivity contribution in [3.8, 4) is 11.3 Å². The van der Waals surface area contributed by atoms with Crippen molar-refractivity contribution < 1.29 is 14.4 Å². The van der Waals surface area contributed by atoms with Gasteiger partial charge < -0.3 is 16.0 Å². The second kappa shape index (κ2) is 16.1. The minimum Gasteiger partial charge on any atom is -0.321 e. The molecule has 0 fully saturated rings. The largest absolute Gasteiger partial charge is 0.321 e. The molecular formula is C37H26Cl2N4O3S3. The van der Waals surface area contributed by atoms with Gasteiger partial charge in [-0.25, -0.2) is 4.98 Å². The average molecular weight is 742 g/mol. The van der Waals surface area contributed by atoms with Crippen molar-refractivity contribution in [3.05, 3.63) is 158 Å². The van der Waals surface area contributed by atoms with E-state index in [9.17, 15) is 14.4 Å². The maximum atomic E-state index is 13.8. The third-order valence-electron chi connectivity index (χ3n) is 7.02. The molecule has 4 aromatic carbocycles. The summed E-state index contributed by atoms with van der Waals surface area (Å²) in [5.41, 5.74) is 4.05. The minimum absolute atomic E-state index is 0.0931. The van der Waals surface area contributed by atoms with Crippen LogP contribution >= 0.6 is 57.6 Å². The normalized spacial score (nSPS) is 11.8. The van der Waals surface area contributed by atoms with E-state index in [-0.39, 0.29) is 11.6 Å². The predicted molar refractivity (Wildman–Crippen MR) is 203 cm³/mol. The van der Waals surface area contributed by atoms with Gasteiger partial charge in [-0.3, -0.25) is 14.4 Å². The molecule has 3 amide bonds. The second-order valence-electron chi connectivity index (χ2n) is 10.5. The van der Waals surface area contributed by atoms with E-state index >= 15 is 0 Å². The van der Waals surface area contributed by atoms with Crippen LogP contribution in [0.25, 0.3) is 17.3 Å². The van der Waals surface area contributed by atoms with E-state index in [1.165, 1.54) is 34.4 Å². The molecule has 0 aliphatic carbocycles. The second-order valence-corrected chi connectivity index (χ2v) is 14.1. The van der Waals surface area contributed by atoms with E-state index in [0.29, 0.717) is 32.1 Å². The van der Waals surface area contributed by atoms with Crippen molar-refractivity contribution in [2.45, 2.75) is 10.1 Å². The molecular weight excluding hydrogens is 716 g/mol. The number of thioether (sulfide) groups is 1. The lowest BCUT2D eigenvalue weighted by Crippen LogP contribution is -2.30. The predicted octanol–water partition coefficient (Wildman–Crippen LogP) is 10.1. The maximum absolute atomic E-state index is 13.8. The first-order valence-electron chi connectivity index (χ1n) is 14.8. The van der Waals surface area contributed by atoms with Gasteiger partial charge in [-0.1, -0.05) is 83.9 Å². The molecule has 0 aliphatic heterocycles. The standard InChI is InChI=1S/C37H26Cl2N4O3S3/c38-29-15-14-26(19-30(29)39)32-22-48-37(42-32)43-36(46)33(24-8-3-1-4-9-24)49-28-13-7-12-27(20-28)40-35(45)31(18-23-16-17-47-21-23)41-34(44)25-10-5-2-6-11-25/h1-22,33H,(H,40,45)(H,41,44)(H,42,43,46)/b31-18-. The summed E-state index contributed by atoms with van der Waals surface area (Å²) in [5, 5.41) is 14.9. The Morgan fingerprint density at radius 2 is 1.57 bits per heavy atom. The van der Waals surface area contributed by atoms with Crippen molar-refractivity contribution in [3.63, 3.8) is 0 Å². The topological polar surface area (TPSA) is 100 Å². The zero-order chi connectivity index (χ0) is 34.2. The van der Waals surface area contributed by atoms with Crippen LogP contribution in [0.1, 0.15) is 26.7 Å². The molecule has 49 heavy (non-hydrogen) atoms. The van der Waals surface area contributed by atoms with Crippen LogP contribution in [0.5, 0.6) is 0 Å². The lowest BCUT2D eigenvalue weighted by atomic mass is 10.1. The van der Waals surface area contributed by atoms with Crippen molar-refractivity contribution in [1.29, 1.82) is 0 Å². The van der Waals surface area contributed by atoms with E-state index in [2.05, 4.69) is 20.9 Å². The molecule has 2 heterocycles. The molecule has 244 valence electrons. The Morgan fingerprint density at radius 3 is 2.31 bits per heavy atom. The molecule has 1 atom stereocenters. The van der Waals surface area contributed by atoms with Crippen LogP contribution < -0.4 is 16.0 Å². The van der Waals surface area contributed by atoms with E-state index in [4.69, 9.17) is 23.2 Å². The van der Waals surface area contributed by atoms with Gasteiger partial charge in [0.2, 0.25) is 5.91 Å². The molecule has 6 aromatic rings. The molecule has 7 nitrogen and oxygen atoms in total. The number of benzene rings is 4. The summed E-state index contributed by atoms with van der Waals surface area (Å²) in [6.45, 7) is 0. The number of carbonyl (C=O) groups excluding carboxylic acids is 3. The highest BCUT2D eigenvalue weighted by Gasteiger charge is 2.24. The monoisotopic (exact) mass is 740 g/mol. The highest BCUT2D eigenvalue weighted by Crippen LogP contribution is 2.38. The first-order valence-corrected chi connectivity index (χ1v) is 18.2. The first-order chi connectivity index (χ1) is 23.8. The van der Waals surface area contributed by atoms with E-state index in [1.54, 1.807) is 60.7 Å². The number of anilines is 2. The van der Waals surface area contributed by atoms with Gasteiger partial charge in [0, 0.05) is 27.1 Å². The van der Waals surface area contributed by atoms with Gasteiger partial charge in [0.1, 0.15) is 10.9 Å². The molecule has 0 radical (unpaired) electrons. The SMILES string of the molecule is O=C(Nc1cccc(SC(C(=O)Nc2nc(-c3ccc(Cl)c(Cl)c3)cs2)c2ccccc2)c1)/C(=C/c1ccsc1)NC(=O)c1ccccc1. The number of rotatable bonds is 11. The number of thiazole rings is 1. The lowest BCUT2D eigenvalue weighted by Gasteiger charge is -2.17. The number of aromatic nitrogens is 1. The number of halogens is 2. The van der Waals surface area contributed by atoms with Gasteiger partial charge in [-0.05, 0) is 76.5 Å². The van der Waals surface area contributed by atoms with Crippen LogP contribution in [-0.2, 0) is 9.59 Å². The van der Waals surface area contributed by atoms with E-state index in [1.807, 2.05) is 70.7 Å². The van der Waals surface area contributed by atoms with Crippen LogP contribution in [0, 0.1) is 0 Å². The van der Waals surface area contributed by atoms with Crippen molar-refractivity contribution in [2.75, 3.05) is 10.6 Å². The third kappa shape index (κ3) is 9.05. The molecule has 1 unspecified atom stereocenters. The summed E-state index contributed by atoms with van der Waals surface area (Å²) in [4.78, 5) is 45.6. The van der Waals surface area contributed by atoms with Crippen molar-refractivity contribution >= 4 is 92.3 Å². The number of nitrogens with one attached hydrogen (secondary N) is 3. The molecule has 6 rings (SSSR count). The molecule has 12 heteroatoms. The Morgan fingerprint density at radius 1 is 0.796 bits per heavy atom. The summed E-state index contributed by atoms with van der Waals surface area (Å²) in [7, 11) is 0. The van der Waals surface area contributed by atoms with Gasteiger partial charge in [0.25, 0.3) is 11.8 Å². The van der Waals surface area contributed by atoms with Crippen molar-refractivity contribution in [1.82, 2.24) is 10.3 Å². The van der Waals surface area contributed by atoms with Crippen LogP contribution in [0.15, 0.2) is 136 Å². The van der Waals surface area contributed by atoms with Gasteiger partial charge in [0.15, 0.2) is 5.13 Å². The molecule has 2 aromatic heterocycles. The quantitative estimate of drug-likeness (QED) is 0.0907. The van der Waals surface area contributed by atoms with Crippen LogP contribution in [-0.4, -0.2) is 22.7 Å². The summed E-state index contributed by atoms with van der Waals surface area (Å²) < 4.78 is 0.